The van der Waals surface area contributed by atoms with Gasteiger partial charge in [-0.1, -0.05) is 31.2 Å². The number of carbonyl (C=O) groups excluding carboxylic acids is 1. The van der Waals surface area contributed by atoms with Gasteiger partial charge in [0.1, 0.15) is 0 Å². The molecule has 0 atom stereocenters. The molecular weight excluding hydrogens is 533 g/mol. The smallest absolute Gasteiger partial charge is 0.276 e. The summed E-state index contributed by atoms with van der Waals surface area (Å²) in [5.41, 5.74) is 9.66. The van der Waals surface area contributed by atoms with Crippen molar-refractivity contribution in [2.24, 2.45) is 5.73 Å². The number of alkyl halides is 2. The third-order valence-corrected chi connectivity index (χ3v) is 6.80. The number of allylic oxidation sites excluding steroid dienone is 1. The molecule has 0 saturated carbocycles. The van der Waals surface area contributed by atoms with Crippen LogP contribution in [0.1, 0.15) is 35.8 Å². The Morgan fingerprint density at radius 2 is 2.05 bits per heavy atom. The Bertz CT molecular complexity index is 1610. The molecule has 1 saturated heterocycles. The molecule has 1 aliphatic heterocycles. The molecule has 5 rings (SSSR count). The quantitative estimate of drug-likeness (QED) is 0.212. The van der Waals surface area contributed by atoms with E-state index in [1.165, 1.54) is 30.6 Å². The minimum atomic E-state index is -2.67. The predicted molar refractivity (Wildman–Crippen MR) is 151 cm³/mol. The molecule has 1 amide bonds. The van der Waals surface area contributed by atoms with E-state index >= 15 is 0 Å². The highest BCUT2D eigenvalue weighted by atomic mass is 19.3. The van der Waals surface area contributed by atoms with Crippen molar-refractivity contribution in [1.82, 2.24) is 20.1 Å². The van der Waals surface area contributed by atoms with Crippen LogP contribution in [0, 0.1) is 5.82 Å². The Morgan fingerprint density at radius 3 is 2.73 bits per heavy atom. The zero-order valence-electron chi connectivity index (χ0n) is 22.3. The monoisotopic (exact) mass is 562 g/mol. The van der Waals surface area contributed by atoms with E-state index in [-0.39, 0.29) is 30.3 Å². The number of H-pyrrole nitrogens is 1. The molecule has 0 spiro atoms. The van der Waals surface area contributed by atoms with Crippen LogP contribution in [0.4, 0.5) is 18.9 Å². The van der Waals surface area contributed by atoms with Crippen LogP contribution in [0.3, 0.4) is 0 Å². The van der Waals surface area contributed by atoms with E-state index in [4.69, 9.17) is 10.5 Å². The van der Waals surface area contributed by atoms with Gasteiger partial charge in [0, 0.05) is 31.0 Å². The van der Waals surface area contributed by atoms with Crippen LogP contribution in [0.15, 0.2) is 78.6 Å². The Morgan fingerprint density at radius 1 is 1.22 bits per heavy atom. The van der Waals surface area contributed by atoms with Crippen molar-refractivity contribution in [1.29, 1.82) is 0 Å². The molecule has 3 heterocycles. The Kier molecular flexibility index (Phi) is 8.06. The molecular formula is C30H29F3N6O2. The van der Waals surface area contributed by atoms with E-state index in [1.54, 1.807) is 23.1 Å². The van der Waals surface area contributed by atoms with Crippen LogP contribution in [0.25, 0.3) is 16.5 Å². The van der Waals surface area contributed by atoms with Gasteiger partial charge in [-0.25, -0.2) is 18.2 Å². The van der Waals surface area contributed by atoms with Crippen molar-refractivity contribution in [3.63, 3.8) is 0 Å². The first-order valence-electron chi connectivity index (χ1n) is 13.1. The topological polar surface area (TPSA) is 109 Å². The number of hydrogen-bond donors (Lipinski definition) is 3. The van der Waals surface area contributed by atoms with Crippen molar-refractivity contribution in [3.8, 4) is 11.6 Å². The second-order valence-corrected chi connectivity index (χ2v) is 9.79. The minimum absolute atomic E-state index is 0.0442. The van der Waals surface area contributed by atoms with Gasteiger partial charge in [-0.3, -0.25) is 14.8 Å². The molecule has 4 N–H and O–H groups in total. The number of nitrogens with one attached hydrogen (secondary N) is 2. The number of para-hydroxylation sites is 1. The number of nitrogens with two attached hydrogens (primary N) is 1. The van der Waals surface area contributed by atoms with E-state index in [0.29, 0.717) is 36.1 Å². The predicted octanol–water partition coefficient (Wildman–Crippen LogP) is 6.12. The van der Waals surface area contributed by atoms with Crippen molar-refractivity contribution < 1.29 is 22.7 Å². The van der Waals surface area contributed by atoms with Crippen molar-refractivity contribution in [3.05, 3.63) is 95.7 Å². The zero-order chi connectivity index (χ0) is 29.0. The van der Waals surface area contributed by atoms with Gasteiger partial charge in [-0.15, -0.1) is 0 Å². The lowest BCUT2D eigenvalue weighted by atomic mass is 9.98. The van der Waals surface area contributed by atoms with Crippen molar-refractivity contribution >= 4 is 28.1 Å². The number of hydrogen-bond acceptors (Lipinski definition) is 6. The number of rotatable bonds is 9. The molecule has 1 aliphatic rings. The average Bonchev–Trinajstić information content (AvgIpc) is 3.55. The third-order valence-electron chi connectivity index (χ3n) is 6.80. The first-order chi connectivity index (χ1) is 19.7. The number of aromatic amines is 1. The number of benzene rings is 2. The van der Waals surface area contributed by atoms with Crippen molar-refractivity contribution in [2.45, 2.75) is 25.7 Å². The molecule has 0 bridgehead atoms. The second-order valence-electron chi connectivity index (χ2n) is 9.79. The van der Waals surface area contributed by atoms with Crippen LogP contribution in [-0.4, -0.2) is 51.5 Å². The summed E-state index contributed by atoms with van der Waals surface area (Å²) in [6, 6.07) is 14.7. The number of anilines is 1. The summed E-state index contributed by atoms with van der Waals surface area (Å²) in [5.74, 6) is -3.41. The number of halogens is 3. The number of likely N-dealkylation sites (tertiary alicyclic amines) is 1. The largest absolute Gasteiger partial charge is 0.436 e. The lowest BCUT2D eigenvalue weighted by Crippen LogP contribution is -2.27. The minimum Gasteiger partial charge on any atom is -0.436 e. The number of carbonyl (C=O) groups is 1. The third kappa shape index (κ3) is 6.58. The maximum atomic E-state index is 13.8. The Labute approximate surface area is 234 Å². The Balaban J connectivity index is 1.31. The molecule has 11 heteroatoms. The molecule has 8 nitrogen and oxygen atoms in total. The Hall–Kier alpha value is -4.64. The molecule has 0 unspecified atom stereocenters. The zero-order valence-corrected chi connectivity index (χ0v) is 22.3. The normalized spacial score (nSPS) is 15.8. The van der Waals surface area contributed by atoms with E-state index in [9.17, 15) is 18.0 Å². The summed E-state index contributed by atoms with van der Waals surface area (Å²) in [5, 5.41) is 10.5. The summed E-state index contributed by atoms with van der Waals surface area (Å²) >= 11 is 0. The number of nitrogens with zero attached hydrogens (tertiary/aromatic N) is 3. The van der Waals surface area contributed by atoms with Crippen LogP contribution in [0.2, 0.25) is 0 Å². The summed E-state index contributed by atoms with van der Waals surface area (Å²) in [6.45, 7) is 2.35. The first-order valence-corrected chi connectivity index (χ1v) is 13.1. The highest BCUT2D eigenvalue weighted by Gasteiger charge is 2.38. The second kappa shape index (κ2) is 11.8. The average molecular weight is 563 g/mol. The fourth-order valence-corrected chi connectivity index (χ4v) is 4.69. The molecule has 2 aromatic heterocycles. The van der Waals surface area contributed by atoms with Gasteiger partial charge in [0.25, 0.3) is 11.8 Å². The van der Waals surface area contributed by atoms with E-state index < -0.39 is 17.6 Å². The standard InChI is InChI=1S/C30H29F3N6O2/c1-2-20(13-19(15-34)17-39-12-11-30(32,33)18-39)21-7-9-25-23(14-21)28(38-37-25)29(40)36-22-8-10-27(35-16-22)41-26-6-4-3-5-24(26)31/h3-10,13-16H,2,11-12,17-18,34H2,1H3,(H,36,40)(H,37,38)/b19-15+,20-13+. The fourth-order valence-electron chi connectivity index (χ4n) is 4.69. The molecule has 4 aromatic rings. The number of amides is 1. The maximum Gasteiger partial charge on any atom is 0.276 e. The number of aromatic nitrogens is 3. The van der Waals surface area contributed by atoms with Crippen LogP contribution < -0.4 is 15.8 Å². The van der Waals surface area contributed by atoms with Crippen LogP contribution in [0.5, 0.6) is 11.6 Å². The van der Waals surface area contributed by atoms with E-state index in [2.05, 4.69) is 20.5 Å². The van der Waals surface area contributed by atoms with Gasteiger partial charge >= 0.3 is 0 Å². The molecule has 2 aromatic carbocycles. The van der Waals surface area contributed by atoms with Gasteiger partial charge in [-0.05, 0) is 59.7 Å². The molecule has 1 fully saturated rings. The number of pyridine rings is 1. The maximum absolute atomic E-state index is 13.8. The first kappa shape index (κ1) is 27.9. The highest BCUT2D eigenvalue weighted by Crippen LogP contribution is 2.29. The van der Waals surface area contributed by atoms with Crippen molar-refractivity contribution in [2.75, 3.05) is 25.0 Å². The summed E-state index contributed by atoms with van der Waals surface area (Å²) in [7, 11) is 0. The fraction of sp³-hybridized carbons (Fsp3) is 0.233. The highest BCUT2D eigenvalue weighted by molar-refractivity contribution is 6.11. The molecule has 0 aliphatic carbocycles. The summed E-state index contributed by atoms with van der Waals surface area (Å²) < 4.78 is 46.6. The van der Waals surface area contributed by atoms with E-state index in [0.717, 1.165) is 16.7 Å². The van der Waals surface area contributed by atoms with Gasteiger partial charge in [0.2, 0.25) is 5.88 Å². The van der Waals surface area contributed by atoms with Crippen LogP contribution >= 0.6 is 0 Å². The van der Waals surface area contributed by atoms with E-state index in [1.807, 2.05) is 31.2 Å². The number of fused-ring (bicyclic) bond motifs is 1. The lowest BCUT2D eigenvalue weighted by Gasteiger charge is -2.17. The number of ether oxygens (including phenoxy) is 1. The summed E-state index contributed by atoms with van der Waals surface area (Å²) in [6.07, 6.45) is 5.27. The van der Waals surface area contributed by atoms with Crippen LogP contribution in [-0.2, 0) is 0 Å². The van der Waals surface area contributed by atoms with Gasteiger partial charge in [0.15, 0.2) is 17.3 Å². The SMILES string of the molecule is CC/C(=C\C(=C/N)CN1CCC(F)(F)C1)c1ccc2[nH]nc(C(=O)Nc3ccc(Oc4ccccc4F)nc3)c2c1. The molecule has 212 valence electrons. The summed E-state index contributed by atoms with van der Waals surface area (Å²) in [4.78, 5) is 19.0. The molecule has 41 heavy (non-hydrogen) atoms. The molecule has 0 radical (unpaired) electrons. The lowest BCUT2D eigenvalue weighted by molar-refractivity contribution is 0.0131. The van der Waals surface area contributed by atoms with Gasteiger partial charge in [-0.2, -0.15) is 5.10 Å². The van der Waals surface area contributed by atoms with Gasteiger partial charge in [0.05, 0.1) is 23.9 Å². The van der Waals surface area contributed by atoms with Gasteiger partial charge < -0.3 is 15.8 Å².